The molecule has 3 aliphatic rings. The lowest BCUT2D eigenvalue weighted by Crippen LogP contribution is -2.54. The number of rotatable bonds is 4. The summed E-state index contributed by atoms with van der Waals surface area (Å²) in [7, 11) is 0. The largest absolute Gasteiger partial charge is 0.339 e. The van der Waals surface area contributed by atoms with Gasteiger partial charge in [-0.15, -0.1) is 0 Å². The highest BCUT2D eigenvalue weighted by Crippen LogP contribution is 2.16. The molecule has 0 atom stereocenters. The van der Waals surface area contributed by atoms with Crippen LogP contribution in [0, 0.1) is 0 Å². The van der Waals surface area contributed by atoms with Crippen LogP contribution in [0.2, 0.25) is 0 Å². The Labute approximate surface area is 187 Å². The third kappa shape index (κ3) is 4.98. The highest BCUT2D eigenvalue weighted by Gasteiger charge is 2.32. The Balaban J connectivity index is 1.21. The van der Waals surface area contributed by atoms with Gasteiger partial charge in [0.2, 0.25) is 11.8 Å². The molecule has 3 aliphatic heterocycles. The lowest BCUT2D eigenvalue weighted by atomic mass is 10.1. The van der Waals surface area contributed by atoms with Crippen molar-refractivity contribution < 1.29 is 19.2 Å². The average Bonchev–Trinajstić information content (AvgIpc) is 3.55. The van der Waals surface area contributed by atoms with E-state index < -0.39 is 11.8 Å². The number of nitrogens with zero attached hydrogens (tertiary/aromatic N) is 5. The summed E-state index contributed by atoms with van der Waals surface area (Å²) < 4.78 is 0. The molecule has 0 spiro atoms. The van der Waals surface area contributed by atoms with E-state index in [1.54, 1.807) is 9.80 Å². The summed E-state index contributed by atoms with van der Waals surface area (Å²) in [5, 5.41) is 5.88. The maximum absolute atomic E-state index is 12.6. The Bertz CT molecular complexity index is 902. The molecular weight excluding hydrogens is 410 g/mol. The molecule has 1 aromatic rings. The third-order valence-corrected chi connectivity index (χ3v) is 6.25. The van der Waals surface area contributed by atoms with Crippen molar-refractivity contribution in [3.63, 3.8) is 0 Å². The number of amides is 4. The summed E-state index contributed by atoms with van der Waals surface area (Å²) in [4.78, 5) is 54.6. The van der Waals surface area contributed by atoms with Gasteiger partial charge in [-0.2, -0.15) is 5.10 Å². The first-order chi connectivity index (χ1) is 15.5. The van der Waals surface area contributed by atoms with Gasteiger partial charge in [0.1, 0.15) is 0 Å². The second-order valence-corrected chi connectivity index (χ2v) is 8.35. The minimum absolute atomic E-state index is 0.108. The van der Waals surface area contributed by atoms with Crippen LogP contribution in [0.1, 0.15) is 37.7 Å². The standard InChI is InChI=1S/C23H29N5O4/c29-20(8-9-21(30)28-13-10-19(24-28)18-6-2-1-3-7-18)25-14-16-27(17-15-25)23(32)22(31)26-11-4-5-12-26/h1-3,6-7H,4-5,8-17H2. The summed E-state index contributed by atoms with van der Waals surface area (Å²) in [6.07, 6.45) is 2.81. The van der Waals surface area contributed by atoms with Gasteiger partial charge in [-0.1, -0.05) is 30.3 Å². The van der Waals surface area contributed by atoms with Gasteiger partial charge in [-0.05, 0) is 18.4 Å². The van der Waals surface area contributed by atoms with E-state index >= 15 is 0 Å². The Morgan fingerprint density at radius 2 is 1.25 bits per heavy atom. The van der Waals surface area contributed by atoms with Crippen LogP contribution in [0.5, 0.6) is 0 Å². The Morgan fingerprint density at radius 3 is 1.91 bits per heavy atom. The maximum atomic E-state index is 12.6. The molecule has 1 aromatic carbocycles. The van der Waals surface area contributed by atoms with Crippen LogP contribution in [0.25, 0.3) is 0 Å². The number of carbonyl (C=O) groups is 4. The minimum Gasteiger partial charge on any atom is -0.339 e. The molecular formula is C23H29N5O4. The quantitative estimate of drug-likeness (QED) is 0.646. The van der Waals surface area contributed by atoms with Gasteiger partial charge in [0.05, 0.1) is 12.3 Å². The summed E-state index contributed by atoms with van der Waals surface area (Å²) in [6.45, 7) is 3.26. The van der Waals surface area contributed by atoms with Crippen molar-refractivity contribution in [1.29, 1.82) is 0 Å². The number of hydrazone groups is 1. The summed E-state index contributed by atoms with van der Waals surface area (Å²) >= 11 is 0. The first kappa shape index (κ1) is 22.0. The molecule has 2 saturated heterocycles. The predicted octanol–water partition coefficient (Wildman–Crippen LogP) is 0.696. The van der Waals surface area contributed by atoms with Crippen molar-refractivity contribution >= 4 is 29.3 Å². The van der Waals surface area contributed by atoms with Gasteiger partial charge in [-0.3, -0.25) is 19.2 Å². The highest BCUT2D eigenvalue weighted by atomic mass is 16.2. The highest BCUT2D eigenvalue weighted by molar-refractivity contribution is 6.35. The molecule has 0 aliphatic carbocycles. The smallest absolute Gasteiger partial charge is 0.312 e. The van der Waals surface area contributed by atoms with Crippen LogP contribution in [-0.2, 0) is 19.2 Å². The van der Waals surface area contributed by atoms with E-state index in [0.717, 1.165) is 24.1 Å². The molecule has 3 heterocycles. The molecule has 4 rings (SSSR count). The molecule has 4 amide bonds. The molecule has 9 nitrogen and oxygen atoms in total. The summed E-state index contributed by atoms with van der Waals surface area (Å²) in [5.74, 6) is -1.18. The first-order valence-electron chi connectivity index (χ1n) is 11.3. The van der Waals surface area contributed by atoms with Crippen LogP contribution >= 0.6 is 0 Å². The molecule has 2 fully saturated rings. The first-order valence-corrected chi connectivity index (χ1v) is 11.3. The molecule has 0 unspecified atom stereocenters. The fourth-order valence-electron chi connectivity index (χ4n) is 4.32. The van der Waals surface area contributed by atoms with Gasteiger partial charge < -0.3 is 14.7 Å². The van der Waals surface area contributed by atoms with Gasteiger partial charge in [0.25, 0.3) is 0 Å². The molecule has 170 valence electrons. The number of likely N-dealkylation sites (tertiary alicyclic amines) is 1. The molecule has 0 N–H and O–H groups in total. The van der Waals surface area contributed by atoms with Crippen LogP contribution in [0.15, 0.2) is 35.4 Å². The maximum Gasteiger partial charge on any atom is 0.312 e. The molecule has 0 radical (unpaired) electrons. The molecule has 0 aromatic heterocycles. The Hall–Kier alpha value is -3.23. The number of hydrogen-bond donors (Lipinski definition) is 0. The fraction of sp³-hybridized carbons (Fsp3) is 0.522. The SMILES string of the molecule is O=C(CCC(=O)N1CCC(c2ccccc2)=N1)N1CCN(C(=O)C(=O)N2CCCC2)CC1. The average molecular weight is 440 g/mol. The monoisotopic (exact) mass is 439 g/mol. The zero-order chi connectivity index (χ0) is 22.5. The van der Waals surface area contributed by atoms with Gasteiger partial charge in [-0.25, -0.2) is 5.01 Å². The van der Waals surface area contributed by atoms with Crippen molar-refractivity contribution in [2.24, 2.45) is 5.10 Å². The van der Waals surface area contributed by atoms with Crippen LogP contribution in [0.4, 0.5) is 0 Å². The lowest BCUT2D eigenvalue weighted by Gasteiger charge is -2.35. The van der Waals surface area contributed by atoms with E-state index in [1.165, 1.54) is 9.91 Å². The molecule has 9 heteroatoms. The zero-order valence-corrected chi connectivity index (χ0v) is 18.2. The molecule has 0 saturated carbocycles. The van der Waals surface area contributed by atoms with Gasteiger partial charge in [0.15, 0.2) is 0 Å². The van der Waals surface area contributed by atoms with Crippen LogP contribution in [-0.4, -0.2) is 94.9 Å². The Kier molecular flexibility index (Phi) is 6.82. The van der Waals surface area contributed by atoms with Crippen molar-refractivity contribution in [2.75, 3.05) is 45.8 Å². The second kappa shape index (κ2) is 9.93. The molecule has 32 heavy (non-hydrogen) atoms. The van der Waals surface area contributed by atoms with Gasteiger partial charge in [0, 0.05) is 58.5 Å². The lowest BCUT2D eigenvalue weighted by molar-refractivity contribution is -0.153. The zero-order valence-electron chi connectivity index (χ0n) is 18.2. The van der Waals surface area contributed by atoms with E-state index in [9.17, 15) is 19.2 Å². The molecule has 0 bridgehead atoms. The summed E-state index contributed by atoms with van der Waals surface area (Å²) in [5.41, 5.74) is 1.89. The van der Waals surface area contributed by atoms with Crippen molar-refractivity contribution in [3.05, 3.63) is 35.9 Å². The number of benzene rings is 1. The normalized spacial score (nSPS) is 18.7. The van der Waals surface area contributed by atoms with Gasteiger partial charge >= 0.3 is 11.8 Å². The van der Waals surface area contributed by atoms with Crippen molar-refractivity contribution in [3.8, 4) is 0 Å². The van der Waals surface area contributed by atoms with E-state index in [4.69, 9.17) is 0 Å². The second-order valence-electron chi connectivity index (χ2n) is 8.35. The topological polar surface area (TPSA) is 93.6 Å². The summed E-state index contributed by atoms with van der Waals surface area (Å²) in [6, 6.07) is 9.76. The van der Waals surface area contributed by atoms with Crippen LogP contribution in [0.3, 0.4) is 0 Å². The van der Waals surface area contributed by atoms with E-state index in [0.29, 0.717) is 52.2 Å². The van der Waals surface area contributed by atoms with E-state index in [2.05, 4.69) is 5.10 Å². The van der Waals surface area contributed by atoms with E-state index in [-0.39, 0.29) is 24.7 Å². The fourth-order valence-corrected chi connectivity index (χ4v) is 4.32. The predicted molar refractivity (Wildman–Crippen MR) is 118 cm³/mol. The number of hydrogen-bond acceptors (Lipinski definition) is 5. The van der Waals surface area contributed by atoms with Crippen LogP contribution < -0.4 is 0 Å². The van der Waals surface area contributed by atoms with E-state index in [1.807, 2.05) is 30.3 Å². The van der Waals surface area contributed by atoms with Crippen molar-refractivity contribution in [1.82, 2.24) is 19.7 Å². The van der Waals surface area contributed by atoms with Crippen molar-refractivity contribution in [2.45, 2.75) is 32.1 Å². The number of piperazine rings is 1. The Morgan fingerprint density at radius 1 is 0.688 bits per heavy atom. The minimum atomic E-state index is -0.477. The third-order valence-electron chi connectivity index (χ3n) is 6.25. The number of carbonyl (C=O) groups excluding carboxylic acids is 4.